The summed E-state index contributed by atoms with van der Waals surface area (Å²) < 4.78 is 10.9. The fraction of sp³-hybridized carbons (Fsp3) is 0.571. The van der Waals surface area contributed by atoms with Crippen LogP contribution in [-0.4, -0.2) is 68.8 Å². The maximum Gasteiger partial charge on any atom is 0.407 e. The van der Waals surface area contributed by atoms with E-state index in [4.69, 9.17) is 9.47 Å². The van der Waals surface area contributed by atoms with Crippen molar-refractivity contribution in [3.63, 3.8) is 0 Å². The lowest BCUT2D eigenvalue weighted by Gasteiger charge is -2.28. The van der Waals surface area contributed by atoms with Gasteiger partial charge >= 0.3 is 6.09 Å². The minimum atomic E-state index is -0.547. The third-order valence-corrected chi connectivity index (χ3v) is 4.23. The van der Waals surface area contributed by atoms with Gasteiger partial charge in [-0.2, -0.15) is 0 Å². The number of carbonyl (C=O) groups is 2. The molecule has 2 rings (SSSR count). The van der Waals surface area contributed by atoms with Crippen molar-refractivity contribution in [2.75, 3.05) is 40.3 Å². The number of nitrogens with one attached hydrogen (secondary N) is 3. The maximum absolute atomic E-state index is 12.0. The van der Waals surface area contributed by atoms with Gasteiger partial charge in [-0.05, 0) is 26.8 Å². The summed E-state index contributed by atoms with van der Waals surface area (Å²) in [7, 11) is 3.38. The number of rotatable bonds is 6. The van der Waals surface area contributed by atoms with Crippen LogP contribution in [0, 0.1) is 0 Å². The summed E-state index contributed by atoms with van der Waals surface area (Å²) in [6.45, 7) is 6.83. The molecular formula is C21H33N5O4. The number of guanidine groups is 1. The van der Waals surface area contributed by atoms with Crippen LogP contribution >= 0.6 is 0 Å². The molecule has 0 aromatic heterocycles. The number of carbonyl (C=O) groups excluding carboxylic acids is 2. The molecule has 0 bridgehead atoms. The Bertz CT molecular complexity index is 758. The second-order valence-corrected chi connectivity index (χ2v) is 8.18. The fourth-order valence-electron chi connectivity index (χ4n) is 2.76. The van der Waals surface area contributed by atoms with Gasteiger partial charge in [0.2, 0.25) is 5.91 Å². The highest BCUT2D eigenvalue weighted by Gasteiger charge is 2.22. The van der Waals surface area contributed by atoms with E-state index < -0.39 is 11.7 Å². The van der Waals surface area contributed by atoms with Crippen LogP contribution in [0.3, 0.4) is 0 Å². The molecule has 0 radical (unpaired) electrons. The van der Waals surface area contributed by atoms with Crippen LogP contribution in [0.25, 0.3) is 0 Å². The van der Waals surface area contributed by atoms with Crippen LogP contribution in [0.1, 0.15) is 38.8 Å². The van der Waals surface area contributed by atoms with Gasteiger partial charge in [0, 0.05) is 39.2 Å². The zero-order valence-corrected chi connectivity index (χ0v) is 18.4. The Morgan fingerprint density at radius 3 is 2.60 bits per heavy atom. The largest absolute Gasteiger partial charge is 0.493 e. The van der Waals surface area contributed by atoms with Crippen molar-refractivity contribution in [3.05, 3.63) is 29.8 Å². The maximum atomic E-state index is 12.0. The Hall–Kier alpha value is -2.97. The van der Waals surface area contributed by atoms with Gasteiger partial charge in [-0.1, -0.05) is 18.2 Å². The molecule has 0 spiro atoms. The van der Waals surface area contributed by atoms with Gasteiger partial charge < -0.3 is 30.3 Å². The Morgan fingerprint density at radius 2 is 1.90 bits per heavy atom. The van der Waals surface area contributed by atoms with Crippen LogP contribution in [0.5, 0.6) is 5.75 Å². The van der Waals surface area contributed by atoms with Gasteiger partial charge in [0.1, 0.15) is 17.9 Å². The van der Waals surface area contributed by atoms with Crippen molar-refractivity contribution >= 4 is 18.0 Å². The molecule has 1 unspecified atom stereocenters. The zero-order chi connectivity index (χ0) is 22.1. The third-order valence-electron chi connectivity index (χ3n) is 4.23. The third kappa shape index (κ3) is 7.81. The molecule has 166 valence electrons. The second kappa shape index (κ2) is 10.7. The van der Waals surface area contributed by atoms with E-state index in [0.717, 1.165) is 17.7 Å². The number of hydrogen-bond acceptors (Lipinski definition) is 5. The number of para-hydroxylation sites is 1. The standard InChI is InChI=1S/C21H33N5O4/c1-21(2,3)30-20(28)23-12-11-22-19(24-14-18(27)26(4)5)25-16-10-13-29-17-9-7-6-8-15(16)17/h6-9,16H,10-14H2,1-5H3,(H,23,28)(H2,22,24,25). The summed E-state index contributed by atoms with van der Waals surface area (Å²) in [6, 6.07) is 7.86. The van der Waals surface area contributed by atoms with Gasteiger partial charge in [0.25, 0.3) is 0 Å². The molecule has 1 aliphatic rings. The Morgan fingerprint density at radius 1 is 1.20 bits per heavy atom. The topological polar surface area (TPSA) is 104 Å². The van der Waals surface area contributed by atoms with Gasteiger partial charge in [0.05, 0.1) is 12.6 Å². The monoisotopic (exact) mass is 419 g/mol. The van der Waals surface area contributed by atoms with Gasteiger partial charge in [-0.25, -0.2) is 9.79 Å². The number of hydrogen-bond donors (Lipinski definition) is 3. The van der Waals surface area contributed by atoms with Gasteiger partial charge in [-0.15, -0.1) is 0 Å². The first kappa shape index (κ1) is 23.3. The molecule has 0 aliphatic carbocycles. The summed E-state index contributed by atoms with van der Waals surface area (Å²) in [5, 5.41) is 9.24. The van der Waals surface area contributed by atoms with E-state index in [1.165, 1.54) is 4.90 Å². The minimum absolute atomic E-state index is 0.00877. The molecule has 3 N–H and O–H groups in total. The molecule has 1 atom stereocenters. The summed E-state index contributed by atoms with van der Waals surface area (Å²) in [5.41, 5.74) is 0.498. The Labute approximate surface area is 178 Å². The molecule has 1 aromatic carbocycles. The number of amides is 2. The van der Waals surface area contributed by atoms with E-state index in [-0.39, 0.29) is 18.5 Å². The highest BCUT2D eigenvalue weighted by Crippen LogP contribution is 2.31. The summed E-state index contributed by atoms with van der Waals surface area (Å²) >= 11 is 0. The van der Waals surface area contributed by atoms with E-state index in [9.17, 15) is 9.59 Å². The molecule has 9 nitrogen and oxygen atoms in total. The lowest BCUT2D eigenvalue weighted by molar-refractivity contribution is -0.127. The first-order valence-corrected chi connectivity index (χ1v) is 10.1. The lowest BCUT2D eigenvalue weighted by Crippen LogP contribution is -2.45. The summed E-state index contributed by atoms with van der Waals surface area (Å²) in [6.07, 6.45) is 0.298. The highest BCUT2D eigenvalue weighted by atomic mass is 16.6. The molecule has 0 fully saturated rings. The number of nitrogens with zero attached hydrogens (tertiary/aromatic N) is 2. The number of ether oxygens (including phenoxy) is 2. The van der Waals surface area contributed by atoms with Crippen LogP contribution in [0.4, 0.5) is 4.79 Å². The molecule has 0 saturated heterocycles. The number of aliphatic imine (C=N–C) groups is 1. The summed E-state index contributed by atoms with van der Waals surface area (Å²) in [4.78, 5) is 29.6. The molecule has 0 saturated carbocycles. The normalized spacial score (nSPS) is 16.0. The molecule has 30 heavy (non-hydrogen) atoms. The van der Waals surface area contributed by atoms with E-state index in [1.807, 2.05) is 45.0 Å². The zero-order valence-electron chi connectivity index (χ0n) is 18.4. The average Bonchev–Trinajstić information content (AvgIpc) is 2.67. The van der Waals surface area contributed by atoms with Gasteiger partial charge in [-0.3, -0.25) is 4.79 Å². The van der Waals surface area contributed by atoms with Crippen LogP contribution in [0.15, 0.2) is 29.3 Å². The Kier molecular flexibility index (Phi) is 8.32. The van der Waals surface area contributed by atoms with Crippen LogP contribution < -0.4 is 20.7 Å². The van der Waals surface area contributed by atoms with Crippen LogP contribution in [0.2, 0.25) is 0 Å². The number of alkyl carbamates (subject to hydrolysis) is 1. The molecular weight excluding hydrogens is 386 g/mol. The van der Waals surface area contributed by atoms with Crippen molar-refractivity contribution in [1.82, 2.24) is 20.9 Å². The average molecular weight is 420 g/mol. The molecule has 1 aliphatic heterocycles. The fourth-order valence-corrected chi connectivity index (χ4v) is 2.76. The Balaban J connectivity index is 1.97. The second-order valence-electron chi connectivity index (χ2n) is 8.18. The number of likely N-dealkylation sites (N-methyl/N-ethyl adjacent to an activating group) is 1. The van der Waals surface area contributed by atoms with Gasteiger partial charge in [0.15, 0.2) is 5.96 Å². The smallest absolute Gasteiger partial charge is 0.407 e. The van der Waals surface area contributed by atoms with Crippen molar-refractivity contribution < 1.29 is 19.1 Å². The van der Waals surface area contributed by atoms with E-state index in [0.29, 0.717) is 25.7 Å². The predicted molar refractivity (Wildman–Crippen MR) is 116 cm³/mol. The predicted octanol–water partition coefficient (Wildman–Crippen LogP) is 1.66. The SMILES string of the molecule is CN(C)C(=O)CN=C(NCCNC(=O)OC(C)(C)C)NC1CCOc2ccccc21. The van der Waals surface area contributed by atoms with Crippen molar-refractivity contribution in [2.45, 2.75) is 38.8 Å². The highest BCUT2D eigenvalue weighted by molar-refractivity contribution is 5.85. The van der Waals surface area contributed by atoms with E-state index in [1.54, 1.807) is 14.1 Å². The minimum Gasteiger partial charge on any atom is -0.493 e. The van der Waals surface area contributed by atoms with Crippen molar-refractivity contribution in [3.8, 4) is 5.75 Å². The lowest BCUT2D eigenvalue weighted by atomic mass is 10.0. The number of benzene rings is 1. The van der Waals surface area contributed by atoms with Crippen molar-refractivity contribution in [1.29, 1.82) is 0 Å². The van der Waals surface area contributed by atoms with Crippen molar-refractivity contribution in [2.24, 2.45) is 4.99 Å². The van der Waals surface area contributed by atoms with Crippen LogP contribution in [-0.2, 0) is 9.53 Å². The number of fused-ring (bicyclic) bond motifs is 1. The van der Waals surface area contributed by atoms with E-state index >= 15 is 0 Å². The molecule has 2 amide bonds. The first-order chi connectivity index (χ1) is 14.2. The molecule has 1 aromatic rings. The van der Waals surface area contributed by atoms with E-state index in [2.05, 4.69) is 20.9 Å². The quantitative estimate of drug-likeness (QED) is 0.368. The summed E-state index contributed by atoms with van der Waals surface area (Å²) in [5.74, 6) is 1.24. The first-order valence-electron chi connectivity index (χ1n) is 10.1. The molecule has 1 heterocycles. The molecule has 9 heteroatoms.